The van der Waals surface area contributed by atoms with Crippen molar-refractivity contribution in [3.63, 3.8) is 0 Å². The number of carbonyl (C=O) groups excluding carboxylic acids is 2. The molecule has 7 nitrogen and oxygen atoms in total. The molecule has 0 spiro atoms. The van der Waals surface area contributed by atoms with Gasteiger partial charge in [-0.25, -0.2) is 4.79 Å². The van der Waals surface area contributed by atoms with Crippen molar-refractivity contribution in [3.8, 4) is 0 Å². The largest absolute Gasteiger partial charge is 0.481 e. The number of amides is 3. The molecule has 3 amide bonds. The molecule has 0 unspecified atom stereocenters. The minimum atomic E-state index is -0.820. The van der Waals surface area contributed by atoms with Crippen LogP contribution in [0.4, 0.5) is 4.79 Å². The van der Waals surface area contributed by atoms with Gasteiger partial charge in [0.15, 0.2) is 0 Å². The smallest absolute Gasteiger partial charge is 0.315 e. The Labute approximate surface area is 111 Å². The first-order valence-corrected chi connectivity index (χ1v) is 6.29. The molecule has 19 heavy (non-hydrogen) atoms. The Morgan fingerprint density at radius 2 is 1.95 bits per heavy atom. The summed E-state index contributed by atoms with van der Waals surface area (Å²) in [6.45, 7) is 3.43. The van der Waals surface area contributed by atoms with Gasteiger partial charge in [-0.1, -0.05) is 0 Å². The normalized spacial score (nSPS) is 22.8. The fourth-order valence-electron chi connectivity index (χ4n) is 1.96. The fourth-order valence-corrected chi connectivity index (χ4v) is 1.96. The molecule has 1 rings (SSSR count). The molecular weight excluding hydrogens is 250 g/mol. The van der Waals surface area contributed by atoms with Gasteiger partial charge in [-0.05, 0) is 33.1 Å². The minimum absolute atomic E-state index is 0.127. The Morgan fingerprint density at radius 3 is 2.42 bits per heavy atom. The third kappa shape index (κ3) is 4.42. The third-order valence-corrected chi connectivity index (χ3v) is 3.48. The van der Waals surface area contributed by atoms with Gasteiger partial charge in [-0.15, -0.1) is 0 Å². The van der Waals surface area contributed by atoms with Crippen LogP contribution in [0.1, 0.15) is 33.1 Å². The van der Waals surface area contributed by atoms with Crippen molar-refractivity contribution >= 4 is 17.9 Å². The molecule has 0 heterocycles. The number of carboxylic acid groups (broad SMARTS) is 1. The summed E-state index contributed by atoms with van der Waals surface area (Å²) in [6.07, 6.45) is 1.68. The molecule has 7 heteroatoms. The van der Waals surface area contributed by atoms with Crippen LogP contribution >= 0.6 is 0 Å². The van der Waals surface area contributed by atoms with E-state index in [1.165, 1.54) is 0 Å². The molecule has 1 saturated carbocycles. The minimum Gasteiger partial charge on any atom is -0.481 e. The van der Waals surface area contributed by atoms with Gasteiger partial charge < -0.3 is 21.5 Å². The van der Waals surface area contributed by atoms with E-state index >= 15 is 0 Å². The first-order chi connectivity index (χ1) is 8.72. The van der Waals surface area contributed by atoms with Gasteiger partial charge in [-0.2, -0.15) is 0 Å². The number of hydrogen-bond donors (Lipinski definition) is 4. The Hall–Kier alpha value is -1.79. The zero-order chi connectivity index (χ0) is 14.6. The SMILES string of the molecule is CC(C)(CNC(=O)N[C@H]1CC[C@@H](C(=O)O)C1)C(N)=O. The van der Waals surface area contributed by atoms with Crippen LogP contribution in [0.15, 0.2) is 0 Å². The fraction of sp³-hybridized carbons (Fsp3) is 0.750. The summed E-state index contributed by atoms with van der Waals surface area (Å²) in [6, 6.07) is -0.525. The number of aliphatic carboxylic acids is 1. The van der Waals surface area contributed by atoms with E-state index in [1.54, 1.807) is 13.8 Å². The highest BCUT2D eigenvalue weighted by molar-refractivity contribution is 5.81. The summed E-state index contributed by atoms with van der Waals surface area (Å²) in [7, 11) is 0. The molecule has 0 radical (unpaired) electrons. The molecule has 0 aromatic heterocycles. The molecule has 1 aliphatic carbocycles. The highest BCUT2D eigenvalue weighted by Crippen LogP contribution is 2.25. The predicted molar refractivity (Wildman–Crippen MR) is 68.3 cm³/mol. The maximum absolute atomic E-state index is 11.6. The first-order valence-electron chi connectivity index (χ1n) is 6.29. The van der Waals surface area contributed by atoms with Crippen LogP contribution in [0.25, 0.3) is 0 Å². The van der Waals surface area contributed by atoms with E-state index in [4.69, 9.17) is 10.8 Å². The maximum Gasteiger partial charge on any atom is 0.315 e. The maximum atomic E-state index is 11.6. The number of rotatable bonds is 5. The van der Waals surface area contributed by atoms with Gasteiger partial charge in [0.25, 0.3) is 0 Å². The van der Waals surface area contributed by atoms with Gasteiger partial charge in [0.1, 0.15) is 0 Å². The summed E-state index contributed by atoms with van der Waals surface area (Å²) in [5, 5.41) is 14.1. The molecule has 0 bridgehead atoms. The number of carbonyl (C=O) groups is 3. The third-order valence-electron chi connectivity index (χ3n) is 3.48. The van der Waals surface area contributed by atoms with Crippen LogP contribution in [0.2, 0.25) is 0 Å². The Bertz CT molecular complexity index is 381. The second kappa shape index (κ2) is 5.90. The van der Waals surface area contributed by atoms with Crippen molar-refractivity contribution < 1.29 is 19.5 Å². The van der Waals surface area contributed by atoms with Crippen LogP contribution in [-0.2, 0) is 9.59 Å². The van der Waals surface area contributed by atoms with E-state index in [0.717, 1.165) is 0 Å². The van der Waals surface area contributed by atoms with Crippen LogP contribution in [-0.4, -0.2) is 35.6 Å². The van der Waals surface area contributed by atoms with E-state index in [0.29, 0.717) is 19.3 Å². The highest BCUT2D eigenvalue weighted by atomic mass is 16.4. The molecule has 1 aliphatic rings. The van der Waals surface area contributed by atoms with Crippen molar-refractivity contribution in [2.24, 2.45) is 17.1 Å². The summed E-state index contributed by atoms with van der Waals surface area (Å²) >= 11 is 0. The van der Waals surface area contributed by atoms with E-state index in [1.807, 2.05) is 0 Å². The number of primary amides is 1. The van der Waals surface area contributed by atoms with Gasteiger partial charge >= 0.3 is 12.0 Å². The van der Waals surface area contributed by atoms with Crippen molar-refractivity contribution in [1.29, 1.82) is 0 Å². The van der Waals surface area contributed by atoms with Crippen LogP contribution in [0, 0.1) is 11.3 Å². The lowest BCUT2D eigenvalue weighted by molar-refractivity contribution is -0.141. The number of nitrogens with two attached hydrogens (primary N) is 1. The zero-order valence-corrected chi connectivity index (χ0v) is 11.2. The molecule has 108 valence electrons. The van der Waals surface area contributed by atoms with Gasteiger partial charge in [0, 0.05) is 12.6 Å². The predicted octanol–water partition coefficient (Wildman–Crippen LogP) is 0.0504. The second-order valence-corrected chi connectivity index (χ2v) is 5.62. The van der Waals surface area contributed by atoms with Crippen LogP contribution < -0.4 is 16.4 Å². The van der Waals surface area contributed by atoms with E-state index in [2.05, 4.69) is 10.6 Å². The number of hydrogen-bond acceptors (Lipinski definition) is 3. The van der Waals surface area contributed by atoms with Crippen molar-refractivity contribution in [1.82, 2.24) is 10.6 Å². The zero-order valence-electron chi connectivity index (χ0n) is 11.2. The molecule has 0 aromatic rings. The lowest BCUT2D eigenvalue weighted by Gasteiger charge is -2.21. The highest BCUT2D eigenvalue weighted by Gasteiger charge is 2.31. The van der Waals surface area contributed by atoms with Gasteiger partial charge in [-0.3, -0.25) is 9.59 Å². The standard InChI is InChI=1S/C12H21N3O4/c1-12(2,10(13)18)6-14-11(19)15-8-4-3-7(5-8)9(16)17/h7-8H,3-6H2,1-2H3,(H2,13,18)(H,16,17)(H2,14,15,19)/t7-,8+/m1/s1. The molecule has 1 fully saturated rings. The molecule has 5 N–H and O–H groups in total. The van der Waals surface area contributed by atoms with Gasteiger partial charge in [0.05, 0.1) is 11.3 Å². The summed E-state index contributed by atoms with van der Waals surface area (Å²) in [5.41, 5.74) is 4.39. The lowest BCUT2D eigenvalue weighted by Crippen LogP contribution is -2.47. The van der Waals surface area contributed by atoms with E-state index in [9.17, 15) is 14.4 Å². The Morgan fingerprint density at radius 1 is 1.32 bits per heavy atom. The Balaban J connectivity index is 2.33. The molecular formula is C12H21N3O4. The lowest BCUT2D eigenvalue weighted by atomic mass is 9.93. The van der Waals surface area contributed by atoms with E-state index in [-0.39, 0.29) is 18.5 Å². The monoisotopic (exact) mass is 271 g/mol. The average Bonchev–Trinajstić information content (AvgIpc) is 2.75. The molecule has 0 aromatic carbocycles. The van der Waals surface area contributed by atoms with Crippen molar-refractivity contribution in [2.45, 2.75) is 39.2 Å². The average molecular weight is 271 g/mol. The summed E-state index contributed by atoms with van der Waals surface area (Å²) < 4.78 is 0. The number of nitrogens with one attached hydrogen (secondary N) is 2. The Kier molecular flexibility index (Phi) is 4.74. The van der Waals surface area contributed by atoms with Gasteiger partial charge in [0.2, 0.25) is 5.91 Å². The summed E-state index contributed by atoms with van der Waals surface area (Å²) in [5.74, 6) is -1.69. The second-order valence-electron chi connectivity index (χ2n) is 5.62. The number of urea groups is 1. The number of carboxylic acids is 1. The molecule has 0 aliphatic heterocycles. The quantitative estimate of drug-likeness (QED) is 0.564. The van der Waals surface area contributed by atoms with Crippen LogP contribution in [0.5, 0.6) is 0 Å². The topological polar surface area (TPSA) is 122 Å². The van der Waals surface area contributed by atoms with Crippen molar-refractivity contribution in [3.05, 3.63) is 0 Å². The van der Waals surface area contributed by atoms with Crippen molar-refractivity contribution in [2.75, 3.05) is 6.54 Å². The molecule has 2 atom stereocenters. The first kappa shape index (κ1) is 15.3. The van der Waals surface area contributed by atoms with Crippen LogP contribution in [0.3, 0.4) is 0 Å². The van der Waals surface area contributed by atoms with E-state index < -0.39 is 23.3 Å². The summed E-state index contributed by atoms with van der Waals surface area (Å²) in [4.78, 5) is 33.5. The molecule has 0 saturated heterocycles.